The molecule has 0 saturated carbocycles. The van der Waals surface area contributed by atoms with Gasteiger partial charge in [0.15, 0.2) is 0 Å². The van der Waals surface area contributed by atoms with Crippen molar-refractivity contribution in [3.05, 3.63) is 0 Å². The molecule has 0 unspecified atom stereocenters. The Kier molecular flexibility index (Phi) is 4.15. The lowest BCUT2D eigenvalue weighted by molar-refractivity contribution is 0.0709. The molecule has 1 rings (SSSR count). The molecule has 1 aliphatic rings. The maximum absolute atomic E-state index is 5.56. The molecule has 0 N–H and O–H groups in total. The number of ether oxygens (including phenoxy) is 2. The first-order chi connectivity index (χ1) is 7.05. The van der Waals surface area contributed by atoms with E-state index in [1.165, 1.54) is 0 Å². The molecule has 0 aromatic carbocycles. The maximum atomic E-state index is 5.56. The lowest BCUT2D eigenvalue weighted by atomic mass is 10.0. The number of hydrogen-bond donors (Lipinski definition) is 0. The first-order valence-corrected chi connectivity index (χ1v) is 5.31. The molecule has 0 radical (unpaired) electrons. The SMILES string of the molecule is C#CC(C)(C)N1C[C@@H](OC)C[C@H]1COC. The molecule has 0 aromatic heterocycles. The summed E-state index contributed by atoms with van der Waals surface area (Å²) in [4.78, 5) is 2.30. The summed E-state index contributed by atoms with van der Waals surface area (Å²) in [7, 11) is 3.47. The van der Waals surface area contributed by atoms with Crippen LogP contribution in [0.15, 0.2) is 0 Å². The minimum Gasteiger partial charge on any atom is -0.383 e. The van der Waals surface area contributed by atoms with Gasteiger partial charge in [0.05, 0.1) is 18.2 Å². The van der Waals surface area contributed by atoms with Crippen molar-refractivity contribution in [1.29, 1.82) is 0 Å². The van der Waals surface area contributed by atoms with Gasteiger partial charge in [-0.1, -0.05) is 5.92 Å². The number of hydrogen-bond acceptors (Lipinski definition) is 3. The Bertz CT molecular complexity index is 244. The van der Waals surface area contributed by atoms with Gasteiger partial charge in [-0.25, -0.2) is 0 Å². The molecule has 0 bridgehead atoms. The summed E-state index contributed by atoms with van der Waals surface area (Å²) in [5.41, 5.74) is -0.226. The average Bonchev–Trinajstić information content (AvgIpc) is 2.62. The Morgan fingerprint density at radius 3 is 2.60 bits per heavy atom. The van der Waals surface area contributed by atoms with Crippen molar-refractivity contribution < 1.29 is 9.47 Å². The second-order valence-electron chi connectivity index (χ2n) is 4.56. The van der Waals surface area contributed by atoms with Gasteiger partial charge < -0.3 is 9.47 Å². The van der Waals surface area contributed by atoms with Crippen molar-refractivity contribution in [2.45, 2.75) is 38.0 Å². The highest BCUT2D eigenvalue weighted by atomic mass is 16.5. The lowest BCUT2D eigenvalue weighted by Gasteiger charge is -2.35. The summed E-state index contributed by atoms with van der Waals surface area (Å²) in [5, 5.41) is 0. The van der Waals surface area contributed by atoms with Crippen molar-refractivity contribution >= 4 is 0 Å². The Hall–Kier alpha value is -0.560. The van der Waals surface area contributed by atoms with Gasteiger partial charge >= 0.3 is 0 Å². The molecule has 2 atom stereocenters. The molecular weight excluding hydrogens is 190 g/mol. The zero-order valence-corrected chi connectivity index (χ0v) is 10.1. The third-order valence-corrected chi connectivity index (χ3v) is 3.14. The van der Waals surface area contributed by atoms with E-state index in [4.69, 9.17) is 15.9 Å². The van der Waals surface area contributed by atoms with Gasteiger partial charge in [-0.2, -0.15) is 0 Å². The van der Waals surface area contributed by atoms with E-state index in [1.54, 1.807) is 14.2 Å². The number of methoxy groups -OCH3 is 2. The van der Waals surface area contributed by atoms with E-state index in [0.717, 1.165) is 13.0 Å². The van der Waals surface area contributed by atoms with Crippen molar-refractivity contribution in [1.82, 2.24) is 4.90 Å². The first kappa shape index (κ1) is 12.5. The quantitative estimate of drug-likeness (QED) is 0.651. The fourth-order valence-electron chi connectivity index (χ4n) is 2.16. The summed E-state index contributed by atoms with van der Waals surface area (Å²) >= 11 is 0. The molecule has 86 valence electrons. The minimum atomic E-state index is -0.226. The van der Waals surface area contributed by atoms with Crippen LogP contribution in [0.1, 0.15) is 20.3 Å². The molecule has 0 amide bonds. The van der Waals surface area contributed by atoms with Crippen LogP contribution >= 0.6 is 0 Å². The van der Waals surface area contributed by atoms with E-state index in [2.05, 4.69) is 24.7 Å². The second-order valence-corrected chi connectivity index (χ2v) is 4.56. The van der Waals surface area contributed by atoms with E-state index in [0.29, 0.717) is 12.6 Å². The van der Waals surface area contributed by atoms with Crippen LogP contribution in [0.25, 0.3) is 0 Å². The zero-order chi connectivity index (χ0) is 11.5. The highest BCUT2D eigenvalue weighted by Crippen LogP contribution is 2.27. The van der Waals surface area contributed by atoms with Crippen molar-refractivity contribution in [3.8, 4) is 12.3 Å². The van der Waals surface area contributed by atoms with Crippen molar-refractivity contribution in [2.24, 2.45) is 0 Å². The lowest BCUT2D eigenvalue weighted by Crippen LogP contribution is -2.47. The molecule has 15 heavy (non-hydrogen) atoms. The number of likely N-dealkylation sites (tertiary alicyclic amines) is 1. The molecule has 1 fully saturated rings. The number of nitrogens with zero attached hydrogens (tertiary/aromatic N) is 1. The van der Waals surface area contributed by atoms with Crippen LogP contribution < -0.4 is 0 Å². The third-order valence-electron chi connectivity index (χ3n) is 3.14. The van der Waals surface area contributed by atoms with Crippen LogP contribution in [0.4, 0.5) is 0 Å². The van der Waals surface area contributed by atoms with Gasteiger partial charge in [-0.15, -0.1) is 6.42 Å². The Morgan fingerprint density at radius 2 is 2.13 bits per heavy atom. The van der Waals surface area contributed by atoms with E-state index < -0.39 is 0 Å². The highest BCUT2D eigenvalue weighted by Gasteiger charge is 2.39. The summed E-state index contributed by atoms with van der Waals surface area (Å²) in [6, 6.07) is 0.367. The standard InChI is InChI=1S/C12H21NO2/c1-6-12(2,3)13-8-11(15-5)7-10(13)9-14-4/h1,10-11H,7-9H2,2-5H3/t10-,11-/m0/s1. The Labute approximate surface area is 92.7 Å². The van der Waals surface area contributed by atoms with Crippen LogP contribution in [0, 0.1) is 12.3 Å². The van der Waals surface area contributed by atoms with Crippen molar-refractivity contribution in [3.63, 3.8) is 0 Å². The molecule has 1 heterocycles. The summed E-state index contributed by atoms with van der Waals surface area (Å²) in [6.07, 6.45) is 6.83. The third kappa shape index (κ3) is 2.72. The van der Waals surface area contributed by atoms with Crippen molar-refractivity contribution in [2.75, 3.05) is 27.4 Å². The minimum absolute atomic E-state index is 0.226. The largest absolute Gasteiger partial charge is 0.383 e. The van der Waals surface area contributed by atoms with Gasteiger partial charge in [-0.05, 0) is 20.3 Å². The molecule has 0 aromatic rings. The van der Waals surface area contributed by atoms with Gasteiger partial charge in [0.1, 0.15) is 0 Å². The van der Waals surface area contributed by atoms with E-state index in [1.807, 2.05) is 0 Å². The number of rotatable bonds is 4. The monoisotopic (exact) mass is 211 g/mol. The van der Waals surface area contributed by atoms with Crippen LogP contribution in [0.3, 0.4) is 0 Å². The fourth-order valence-corrected chi connectivity index (χ4v) is 2.16. The summed E-state index contributed by atoms with van der Waals surface area (Å²) in [6.45, 7) is 5.73. The first-order valence-electron chi connectivity index (χ1n) is 5.31. The summed E-state index contributed by atoms with van der Waals surface area (Å²) < 4.78 is 10.6. The predicted molar refractivity (Wildman–Crippen MR) is 60.7 cm³/mol. The van der Waals surface area contributed by atoms with Gasteiger partial charge in [-0.3, -0.25) is 4.90 Å². The van der Waals surface area contributed by atoms with E-state index in [9.17, 15) is 0 Å². The average molecular weight is 211 g/mol. The van der Waals surface area contributed by atoms with Crippen LogP contribution in [0.5, 0.6) is 0 Å². The predicted octanol–water partition coefficient (Wildman–Crippen LogP) is 1.13. The zero-order valence-electron chi connectivity index (χ0n) is 10.1. The van der Waals surface area contributed by atoms with Gasteiger partial charge in [0, 0.05) is 26.8 Å². The molecule has 1 saturated heterocycles. The molecule has 0 spiro atoms. The Morgan fingerprint density at radius 1 is 1.47 bits per heavy atom. The van der Waals surface area contributed by atoms with Gasteiger partial charge in [0.2, 0.25) is 0 Å². The topological polar surface area (TPSA) is 21.7 Å². The second kappa shape index (κ2) is 4.98. The molecule has 3 heteroatoms. The van der Waals surface area contributed by atoms with E-state index >= 15 is 0 Å². The van der Waals surface area contributed by atoms with Crippen LogP contribution in [-0.4, -0.2) is 50.0 Å². The normalized spacial score (nSPS) is 27.9. The molecule has 3 nitrogen and oxygen atoms in total. The molecule has 0 aliphatic carbocycles. The molecule has 1 aliphatic heterocycles. The Balaban J connectivity index is 2.73. The molecular formula is C12H21NO2. The highest BCUT2D eigenvalue weighted by molar-refractivity contribution is 5.12. The number of terminal acetylenes is 1. The smallest absolute Gasteiger partial charge is 0.0770 e. The van der Waals surface area contributed by atoms with Crippen LogP contribution in [-0.2, 0) is 9.47 Å². The van der Waals surface area contributed by atoms with E-state index in [-0.39, 0.29) is 11.6 Å². The maximum Gasteiger partial charge on any atom is 0.0770 e. The summed E-state index contributed by atoms with van der Waals surface area (Å²) in [5.74, 6) is 2.83. The fraction of sp³-hybridized carbons (Fsp3) is 0.833. The van der Waals surface area contributed by atoms with Gasteiger partial charge in [0.25, 0.3) is 0 Å². The van der Waals surface area contributed by atoms with Crippen LogP contribution in [0.2, 0.25) is 0 Å².